The number of para-hydroxylation sites is 1. The molecule has 0 atom stereocenters. The molecule has 1 aromatic heterocycles. The van der Waals surface area contributed by atoms with E-state index in [1.54, 1.807) is 0 Å². The molecule has 14 aromatic rings. The van der Waals surface area contributed by atoms with Crippen molar-refractivity contribution in [2.45, 2.75) is 0 Å². The highest BCUT2D eigenvalue weighted by molar-refractivity contribution is 6.18. The van der Waals surface area contributed by atoms with Crippen molar-refractivity contribution >= 4 is 60.5 Å². The van der Waals surface area contributed by atoms with Gasteiger partial charge in [-0.1, -0.05) is 249 Å². The van der Waals surface area contributed by atoms with Crippen LogP contribution in [0.2, 0.25) is 0 Å². The van der Waals surface area contributed by atoms with Crippen molar-refractivity contribution in [3.8, 4) is 77.9 Å². The predicted octanol–water partition coefficient (Wildman–Crippen LogP) is 21.0. The van der Waals surface area contributed by atoms with Crippen LogP contribution in [0.25, 0.3) is 121 Å². The topological polar surface area (TPSA) is 16.4 Å². The maximum absolute atomic E-state index is 6.97. The number of anilines is 3. The summed E-state index contributed by atoms with van der Waals surface area (Å²) in [6.45, 7) is 0. The molecule has 76 heavy (non-hydrogen) atoms. The van der Waals surface area contributed by atoms with Crippen molar-refractivity contribution in [2.24, 2.45) is 0 Å². The van der Waals surface area contributed by atoms with Crippen molar-refractivity contribution in [2.75, 3.05) is 4.90 Å². The highest BCUT2D eigenvalue weighted by Gasteiger charge is 2.24. The monoisotopic (exact) mass is 967 g/mol. The summed E-state index contributed by atoms with van der Waals surface area (Å²) in [5.74, 6) is 0. The lowest BCUT2D eigenvalue weighted by Gasteiger charge is -2.27. The third-order valence-corrected chi connectivity index (χ3v) is 15.1. The number of nitrogens with zero attached hydrogens (tertiary/aromatic N) is 1. The first-order chi connectivity index (χ1) is 37.7. The van der Waals surface area contributed by atoms with E-state index >= 15 is 0 Å². The summed E-state index contributed by atoms with van der Waals surface area (Å²) in [7, 11) is 0. The second kappa shape index (κ2) is 19.1. The number of hydrogen-bond acceptors (Lipinski definition) is 2. The SMILES string of the molecule is c1ccc(-c2cccc(-c3ccccc3-c3ccc(N(c4ccc(-c5ccc(-c6ccc7ccccc7c6)cc5)cc4)c4ccc(-c5cccc6ccccc56)c5oc6ccccc6c45)cc3)c2-c2ccccc2)cc1. The molecular formula is C74H49NO. The number of fused-ring (bicyclic) bond motifs is 5. The maximum Gasteiger partial charge on any atom is 0.145 e. The zero-order valence-corrected chi connectivity index (χ0v) is 41.6. The van der Waals surface area contributed by atoms with Crippen LogP contribution in [0.5, 0.6) is 0 Å². The average molecular weight is 968 g/mol. The predicted molar refractivity (Wildman–Crippen MR) is 321 cm³/mol. The molecule has 356 valence electrons. The fourth-order valence-electron chi connectivity index (χ4n) is 11.4. The van der Waals surface area contributed by atoms with Crippen molar-refractivity contribution < 1.29 is 4.42 Å². The van der Waals surface area contributed by atoms with Crippen LogP contribution in [0.1, 0.15) is 0 Å². The standard InChI is InChI=1S/C74H49NO/c1-3-18-55(19-4-1)64-29-16-31-67(72(64)57-21-5-2-6-22-57)65-27-12-11-26-63(65)56-41-45-61(46-42-56)75(60-43-39-52(40-44-60)51-33-35-53(36-34-51)59-38-37-50-17-7-8-23-58(50)49-59)70-48-47-68(66-30-15-24-54-20-9-10-25-62(54)66)74-73(70)69-28-13-14-32-71(69)76-74/h1-49H. The van der Waals surface area contributed by atoms with E-state index in [9.17, 15) is 0 Å². The van der Waals surface area contributed by atoms with Gasteiger partial charge >= 0.3 is 0 Å². The van der Waals surface area contributed by atoms with Crippen LogP contribution in [-0.4, -0.2) is 0 Å². The fourth-order valence-corrected chi connectivity index (χ4v) is 11.4. The summed E-state index contributed by atoms with van der Waals surface area (Å²) in [6, 6.07) is 108. The summed E-state index contributed by atoms with van der Waals surface area (Å²) < 4.78 is 6.97. The minimum absolute atomic E-state index is 0.854. The quantitative estimate of drug-likeness (QED) is 0.136. The molecule has 1 heterocycles. The number of furan rings is 1. The van der Waals surface area contributed by atoms with Crippen LogP contribution in [-0.2, 0) is 0 Å². The number of hydrogen-bond donors (Lipinski definition) is 0. The highest BCUT2D eigenvalue weighted by Crippen LogP contribution is 2.49. The lowest BCUT2D eigenvalue weighted by molar-refractivity contribution is 0.670. The van der Waals surface area contributed by atoms with Gasteiger partial charge in [0.1, 0.15) is 11.2 Å². The second-order valence-electron chi connectivity index (χ2n) is 19.5. The van der Waals surface area contributed by atoms with Gasteiger partial charge in [0.05, 0.1) is 11.1 Å². The lowest BCUT2D eigenvalue weighted by Crippen LogP contribution is -2.10. The Morgan fingerprint density at radius 3 is 1.47 bits per heavy atom. The van der Waals surface area contributed by atoms with Crippen LogP contribution < -0.4 is 4.90 Å². The van der Waals surface area contributed by atoms with E-state index in [2.05, 4.69) is 302 Å². The molecule has 0 spiro atoms. The largest absolute Gasteiger partial charge is 0.455 e. The van der Waals surface area contributed by atoms with Gasteiger partial charge in [0.15, 0.2) is 0 Å². The number of rotatable bonds is 10. The molecule has 0 fully saturated rings. The van der Waals surface area contributed by atoms with Crippen molar-refractivity contribution in [1.82, 2.24) is 0 Å². The Hall–Kier alpha value is -10.0. The Bertz CT molecular complexity index is 4420. The molecule has 13 aromatic carbocycles. The van der Waals surface area contributed by atoms with E-state index in [4.69, 9.17) is 4.42 Å². The molecule has 2 nitrogen and oxygen atoms in total. The van der Waals surface area contributed by atoms with E-state index < -0.39 is 0 Å². The Morgan fingerprint density at radius 2 is 0.737 bits per heavy atom. The molecule has 0 saturated heterocycles. The van der Waals surface area contributed by atoms with Crippen molar-refractivity contribution in [1.29, 1.82) is 0 Å². The van der Waals surface area contributed by atoms with Crippen molar-refractivity contribution in [3.63, 3.8) is 0 Å². The van der Waals surface area contributed by atoms with E-state index in [1.807, 2.05) is 0 Å². The van der Waals surface area contributed by atoms with Gasteiger partial charge in [-0.2, -0.15) is 0 Å². The summed E-state index contributed by atoms with van der Waals surface area (Å²) >= 11 is 0. The molecule has 14 rings (SSSR count). The van der Waals surface area contributed by atoms with Gasteiger partial charge in [0.2, 0.25) is 0 Å². The van der Waals surface area contributed by atoms with E-state index in [0.717, 1.165) is 66.8 Å². The first-order valence-corrected chi connectivity index (χ1v) is 26.1. The van der Waals surface area contributed by atoms with Crippen LogP contribution in [0, 0.1) is 0 Å². The van der Waals surface area contributed by atoms with Crippen LogP contribution in [0.3, 0.4) is 0 Å². The van der Waals surface area contributed by atoms with Gasteiger partial charge in [-0.3, -0.25) is 0 Å². The molecule has 0 saturated carbocycles. The van der Waals surface area contributed by atoms with Crippen molar-refractivity contribution in [3.05, 3.63) is 297 Å². The Balaban J connectivity index is 0.903. The summed E-state index contributed by atoms with van der Waals surface area (Å²) in [5.41, 5.74) is 21.2. The lowest BCUT2D eigenvalue weighted by atomic mass is 9.85. The third-order valence-electron chi connectivity index (χ3n) is 15.1. The maximum atomic E-state index is 6.97. The van der Waals surface area contributed by atoms with Crippen LogP contribution in [0.4, 0.5) is 17.1 Å². The summed E-state index contributed by atoms with van der Waals surface area (Å²) in [4.78, 5) is 2.40. The fraction of sp³-hybridized carbons (Fsp3) is 0. The normalized spacial score (nSPS) is 11.4. The van der Waals surface area contributed by atoms with Gasteiger partial charge in [0.25, 0.3) is 0 Å². The van der Waals surface area contributed by atoms with Gasteiger partial charge in [-0.05, 0) is 142 Å². The van der Waals surface area contributed by atoms with E-state index in [-0.39, 0.29) is 0 Å². The zero-order chi connectivity index (χ0) is 50.4. The zero-order valence-electron chi connectivity index (χ0n) is 41.6. The minimum Gasteiger partial charge on any atom is -0.455 e. The molecule has 0 radical (unpaired) electrons. The Morgan fingerprint density at radius 1 is 0.250 bits per heavy atom. The Kier molecular flexibility index (Phi) is 11.2. The van der Waals surface area contributed by atoms with Crippen LogP contribution >= 0.6 is 0 Å². The molecule has 0 N–H and O–H groups in total. The molecular weight excluding hydrogens is 919 g/mol. The second-order valence-corrected chi connectivity index (χ2v) is 19.5. The summed E-state index contributed by atoms with van der Waals surface area (Å²) in [6.07, 6.45) is 0. The summed E-state index contributed by atoms with van der Waals surface area (Å²) in [5, 5.41) is 7.01. The highest BCUT2D eigenvalue weighted by atomic mass is 16.3. The first-order valence-electron chi connectivity index (χ1n) is 26.1. The molecule has 0 aliphatic heterocycles. The van der Waals surface area contributed by atoms with Gasteiger partial charge in [-0.15, -0.1) is 0 Å². The molecule has 0 unspecified atom stereocenters. The van der Waals surface area contributed by atoms with Gasteiger partial charge < -0.3 is 9.32 Å². The van der Waals surface area contributed by atoms with Crippen LogP contribution in [0.15, 0.2) is 302 Å². The molecule has 0 aliphatic carbocycles. The Labute approximate surface area is 442 Å². The smallest absolute Gasteiger partial charge is 0.145 e. The van der Waals surface area contributed by atoms with Gasteiger partial charge in [-0.25, -0.2) is 0 Å². The third kappa shape index (κ3) is 8.01. The average Bonchev–Trinajstić information content (AvgIpc) is 3.90. The molecule has 0 bridgehead atoms. The number of benzene rings is 13. The molecule has 0 amide bonds. The molecule has 2 heteroatoms. The van der Waals surface area contributed by atoms with E-state index in [1.165, 1.54) is 71.6 Å². The first kappa shape index (κ1) is 44.7. The van der Waals surface area contributed by atoms with Gasteiger partial charge in [0, 0.05) is 22.3 Å². The molecule has 0 aliphatic rings. The van der Waals surface area contributed by atoms with E-state index in [0.29, 0.717) is 0 Å². The minimum atomic E-state index is 0.854.